The van der Waals surface area contributed by atoms with Gasteiger partial charge in [0.15, 0.2) is 0 Å². The number of hydrogen-bond acceptors (Lipinski definition) is 4. The zero-order valence-electron chi connectivity index (χ0n) is 14.6. The minimum atomic E-state index is -0.539. The van der Waals surface area contributed by atoms with Crippen molar-refractivity contribution >= 4 is 11.9 Å². The van der Waals surface area contributed by atoms with Gasteiger partial charge in [-0.25, -0.2) is 9.18 Å². The van der Waals surface area contributed by atoms with Gasteiger partial charge in [0, 0.05) is 19.2 Å². The zero-order valence-corrected chi connectivity index (χ0v) is 14.6. The van der Waals surface area contributed by atoms with Crippen molar-refractivity contribution in [2.75, 3.05) is 26.7 Å². The normalized spacial score (nSPS) is 10.4. The lowest BCUT2D eigenvalue weighted by Crippen LogP contribution is -2.44. The molecule has 26 heavy (non-hydrogen) atoms. The molecule has 0 bridgehead atoms. The molecule has 0 aliphatic heterocycles. The summed E-state index contributed by atoms with van der Waals surface area (Å²) in [6.07, 6.45) is 0. The fraction of sp³-hybridized carbons (Fsp3) is 0.263. The van der Waals surface area contributed by atoms with Crippen molar-refractivity contribution in [3.63, 3.8) is 0 Å². The first-order chi connectivity index (χ1) is 12.5. The second-order valence-corrected chi connectivity index (χ2v) is 5.76. The second-order valence-electron chi connectivity index (χ2n) is 5.76. The molecule has 138 valence electrons. The topological polar surface area (TPSA) is 70.7 Å². The smallest absolute Gasteiger partial charge is 0.321 e. The summed E-state index contributed by atoms with van der Waals surface area (Å²) in [5, 5.41) is 4.90. The maximum Gasteiger partial charge on any atom is 0.321 e. The molecule has 0 saturated heterocycles. The Morgan fingerprint density at radius 1 is 1.12 bits per heavy atom. The minimum Gasteiger partial charge on any atom is -0.492 e. The minimum absolute atomic E-state index is 0.0469. The van der Waals surface area contributed by atoms with E-state index in [4.69, 9.17) is 4.74 Å². The van der Waals surface area contributed by atoms with Crippen LogP contribution in [0.4, 0.5) is 9.18 Å². The number of urea groups is 1. The molecule has 6 nitrogen and oxygen atoms in total. The van der Waals surface area contributed by atoms with Gasteiger partial charge in [0.25, 0.3) is 0 Å². The predicted octanol–water partition coefficient (Wildman–Crippen LogP) is 2.16. The van der Waals surface area contributed by atoms with Gasteiger partial charge < -0.3 is 10.1 Å². The molecule has 3 amide bonds. The van der Waals surface area contributed by atoms with Crippen LogP contribution in [-0.4, -0.2) is 43.6 Å². The van der Waals surface area contributed by atoms with Crippen LogP contribution in [0.15, 0.2) is 54.6 Å². The highest BCUT2D eigenvalue weighted by Crippen LogP contribution is 2.11. The molecule has 0 saturated carbocycles. The average Bonchev–Trinajstić information content (AvgIpc) is 2.61. The molecule has 2 aromatic carbocycles. The number of rotatable bonds is 8. The average molecular weight is 359 g/mol. The summed E-state index contributed by atoms with van der Waals surface area (Å²) in [4.78, 5) is 25.3. The zero-order chi connectivity index (χ0) is 18.8. The maximum atomic E-state index is 13.0. The van der Waals surface area contributed by atoms with Crippen LogP contribution in [0.25, 0.3) is 0 Å². The Hall–Kier alpha value is -2.93. The van der Waals surface area contributed by atoms with Crippen molar-refractivity contribution in [1.82, 2.24) is 15.5 Å². The molecular weight excluding hydrogens is 337 g/mol. The van der Waals surface area contributed by atoms with Gasteiger partial charge in [-0.2, -0.15) is 0 Å². The van der Waals surface area contributed by atoms with Crippen molar-refractivity contribution in [3.05, 3.63) is 66.0 Å². The summed E-state index contributed by atoms with van der Waals surface area (Å²) < 4.78 is 18.5. The number of halogens is 1. The number of benzene rings is 2. The molecule has 0 atom stereocenters. The molecule has 2 aromatic rings. The summed E-state index contributed by atoms with van der Waals surface area (Å²) in [5.41, 5.74) is 0.946. The Balaban J connectivity index is 1.62. The quantitative estimate of drug-likeness (QED) is 0.758. The van der Waals surface area contributed by atoms with Crippen LogP contribution in [0.2, 0.25) is 0 Å². The van der Waals surface area contributed by atoms with Crippen LogP contribution in [0, 0.1) is 5.82 Å². The van der Waals surface area contributed by atoms with Gasteiger partial charge in [-0.3, -0.25) is 15.0 Å². The molecule has 0 aliphatic carbocycles. The number of carbonyl (C=O) groups excluding carboxylic acids is 2. The molecule has 0 heterocycles. The third-order valence-corrected chi connectivity index (χ3v) is 3.50. The lowest BCUT2D eigenvalue weighted by Gasteiger charge is -2.16. The molecule has 0 fully saturated rings. The van der Waals surface area contributed by atoms with Crippen molar-refractivity contribution in [2.24, 2.45) is 0 Å². The highest BCUT2D eigenvalue weighted by atomic mass is 19.1. The van der Waals surface area contributed by atoms with E-state index in [-0.39, 0.29) is 12.4 Å². The van der Waals surface area contributed by atoms with Crippen molar-refractivity contribution in [3.8, 4) is 5.75 Å². The van der Waals surface area contributed by atoms with E-state index in [0.29, 0.717) is 25.4 Å². The molecule has 0 spiro atoms. The van der Waals surface area contributed by atoms with Gasteiger partial charge in [0.05, 0.1) is 6.54 Å². The Morgan fingerprint density at radius 3 is 2.62 bits per heavy atom. The summed E-state index contributed by atoms with van der Waals surface area (Å²) in [7, 11) is 1.73. The number of ether oxygens (including phenoxy) is 1. The van der Waals surface area contributed by atoms with Crippen molar-refractivity contribution in [2.45, 2.75) is 6.54 Å². The summed E-state index contributed by atoms with van der Waals surface area (Å²) in [6, 6.07) is 14.7. The summed E-state index contributed by atoms with van der Waals surface area (Å²) in [5.74, 6) is -0.344. The van der Waals surface area contributed by atoms with Gasteiger partial charge in [-0.05, 0) is 24.7 Å². The Labute approximate surface area is 152 Å². The highest BCUT2D eigenvalue weighted by Gasteiger charge is 2.10. The number of likely N-dealkylation sites (N-methyl/N-ethyl adjacent to an activating group) is 1. The maximum absolute atomic E-state index is 13.0. The first-order valence-electron chi connectivity index (χ1n) is 8.21. The van der Waals surface area contributed by atoms with Gasteiger partial charge in [0.1, 0.15) is 18.2 Å². The molecule has 7 heteroatoms. The monoisotopic (exact) mass is 359 g/mol. The summed E-state index contributed by atoms with van der Waals surface area (Å²) >= 11 is 0. The van der Waals surface area contributed by atoms with E-state index < -0.39 is 11.9 Å². The number of nitrogens with zero attached hydrogens (tertiary/aromatic N) is 1. The van der Waals surface area contributed by atoms with E-state index in [9.17, 15) is 14.0 Å². The first-order valence-corrected chi connectivity index (χ1v) is 8.21. The molecule has 0 aromatic heterocycles. The Kier molecular flexibility index (Phi) is 7.57. The van der Waals surface area contributed by atoms with Crippen molar-refractivity contribution < 1.29 is 18.7 Å². The number of hydrogen-bond donors (Lipinski definition) is 2. The van der Waals surface area contributed by atoms with Crippen LogP contribution < -0.4 is 15.4 Å². The third kappa shape index (κ3) is 7.31. The standard InChI is InChI=1S/C19H22FN3O3/c1-23(10-11-26-17-9-5-8-16(20)12-17)14-18(24)22-19(25)21-13-15-6-3-2-4-7-15/h2-9,12H,10-11,13-14H2,1H3,(H2,21,22,24,25). The molecule has 0 unspecified atom stereocenters. The molecule has 2 N–H and O–H groups in total. The van der Waals surface area contributed by atoms with E-state index >= 15 is 0 Å². The lowest BCUT2D eigenvalue weighted by atomic mass is 10.2. The SMILES string of the molecule is CN(CCOc1cccc(F)c1)CC(=O)NC(=O)NCc1ccccc1. The van der Waals surface area contributed by atoms with Crippen LogP contribution in [0.3, 0.4) is 0 Å². The highest BCUT2D eigenvalue weighted by molar-refractivity contribution is 5.95. The number of amides is 3. The van der Waals surface area contributed by atoms with Gasteiger partial charge in [-0.15, -0.1) is 0 Å². The fourth-order valence-electron chi connectivity index (χ4n) is 2.19. The Morgan fingerprint density at radius 2 is 1.88 bits per heavy atom. The fourth-order valence-corrected chi connectivity index (χ4v) is 2.19. The molecule has 0 radical (unpaired) electrons. The predicted molar refractivity (Wildman–Crippen MR) is 96.2 cm³/mol. The van der Waals surface area contributed by atoms with E-state index in [1.54, 1.807) is 24.1 Å². The second kappa shape index (κ2) is 10.1. The van der Waals surface area contributed by atoms with E-state index in [2.05, 4.69) is 10.6 Å². The largest absolute Gasteiger partial charge is 0.492 e. The number of nitrogens with one attached hydrogen (secondary N) is 2. The molecule has 0 aliphatic rings. The lowest BCUT2D eigenvalue weighted by molar-refractivity contribution is -0.120. The van der Waals surface area contributed by atoms with E-state index in [0.717, 1.165) is 5.56 Å². The van der Waals surface area contributed by atoms with Gasteiger partial charge in [0.2, 0.25) is 5.91 Å². The van der Waals surface area contributed by atoms with Crippen molar-refractivity contribution in [1.29, 1.82) is 0 Å². The van der Waals surface area contributed by atoms with Crippen LogP contribution >= 0.6 is 0 Å². The van der Waals surface area contributed by atoms with Crippen LogP contribution in [-0.2, 0) is 11.3 Å². The van der Waals surface area contributed by atoms with E-state index in [1.807, 2.05) is 30.3 Å². The number of imide groups is 1. The van der Waals surface area contributed by atoms with E-state index in [1.165, 1.54) is 12.1 Å². The summed E-state index contributed by atoms with van der Waals surface area (Å²) in [6.45, 7) is 1.14. The van der Waals surface area contributed by atoms with Gasteiger partial charge >= 0.3 is 6.03 Å². The Bertz CT molecular complexity index is 725. The number of carbonyl (C=O) groups is 2. The van der Waals surface area contributed by atoms with Crippen LogP contribution in [0.5, 0.6) is 5.75 Å². The first kappa shape index (κ1) is 19.4. The third-order valence-electron chi connectivity index (χ3n) is 3.50. The molecule has 2 rings (SSSR count). The molecular formula is C19H22FN3O3. The van der Waals surface area contributed by atoms with Crippen LogP contribution in [0.1, 0.15) is 5.56 Å². The van der Waals surface area contributed by atoms with Gasteiger partial charge in [-0.1, -0.05) is 36.4 Å².